The van der Waals surface area contributed by atoms with Gasteiger partial charge in [0.1, 0.15) is 5.82 Å². The van der Waals surface area contributed by atoms with Gasteiger partial charge in [0.05, 0.1) is 23.3 Å². The number of aromatic nitrogens is 3. The molecule has 0 radical (unpaired) electrons. The third-order valence-electron chi connectivity index (χ3n) is 3.53. The smallest absolute Gasteiger partial charge is 0.127 e. The van der Waals surface area contributed by atoms with Crippen LogP contribution in [0.4, 0.5) is 0 Å². The lowest BCUT2D eigenvalue weighted by Crippen LogP contribution is -2.20. The van der Waals surface area contributed by atoms with Crippen LogP contribution in [0.3, 0.4) is 0 Å². The minimum atomic E-state index is 0.386. The highest BCUT2D eigenvalue weighted by Gasteiger charge is 2.28. The van der Waals surface area contributed by atoms with Crippen LogP contribution in [-0.4, -0.2) is 21.1 Å². The van der Waals surface area contributed by atoms with E-state index in [2.05, 4.69) is 28.8 Å². The number of nitrogens with one attached hydrogen (secondary N) is 1. The van der Waals surface area contributed by atoms with Gasteiger partial charge in [-0.1, -0.05) is 6.92 Å². The zero-order chi connectivity index (χ0) is 11.1. The Labute approximate surface area is 94.7 Å². The van der Waals surface area contributed by atoms with Crippen molar-refractivity contribution in [3.8, 4) is 0 Å². The number of rotatable bonds is 1. The summed E-state index contributed by atoms with van der Waals surface area (Å²) in [5.74, 6) is 1.79. The highest BCUT2D eigenvalue weighted by Crippen LogP contribution is 2.29. The van der Waals surface area contributed by atoms with Gasteiger partial charge in [0, 0.05) is 13.2 Å². The number of hydrogen-bond acceptors (Lipinski definition) is 3. The lowest BCUT2D eigenvalue weighted by atomic mass is 10.0. The van der Waals surface area contributed by atoms with Gasteiger partial charge in [-0.2, -0.15) is 0 Å². The maximum absolute atomic E-state index is 4.71. The molecule has 0 aliphatic carbocycles. The summed E-state index contributed by atoms with van der Waals surface area (Å²) < 4.78 is 2.15. The maximum Gasteiger partial charge on any atom is 0.127 e. The van der Waals surface area contributed by atoms with E-state index in [0.717, 1.165) is 23.4 Å². The van der Waals surface area contributed by atoms with Gasteiger partial charge in [0.15, 0.2) is 0 Å². The molecule has 0 spiro atoms. The molecule has 0 aromatic carbocycles. The molecule has 2 unspecified atom stereocenters. The van der Waals surface area contributed by atoms with Gasteiger partial charge in [-0.05, 0) is 24.9 Å². The monoisotopic (exact) mass is 216 g/mol. The van der Waals surface area contributed by atoms with Gasteiger partial charge in [-0.25, -0.2) is 4.98 Å². The zero-order valence-electron chi connectivity index (χ0n) is 9.64. The Morgan fingerprint density at radius 2 is 2.38 bits per heavy atom. The highest BCUT2D eigenvalue weighted by molar-refractivity contribution is 5.74. The van der Waals surface area contributed by atoms with Crippen LogP contribution in [0.25, 0.3) is 11.0 Å². The largest absolute Gasteiger partial charge is 0.329 e. The highest BCUT2D eigenvalue weighted by atomic mass is 15.1. The van der Waals surface area contributed by atoms with E-state index in [4.69, 9.17) is 4.98 Å². The van der Waals surface area contributed by atoms with Crippen LogP contribution in [0.15, 0.2) is 18.5 Å². The first-order valence-corrected chi connectivity index (χ1v) is 5.77. The number of aryl methyl sites for hydroxylation is 1. The zero-order valence-corrected chi connectivity index (χ0v) is 9.64. The standard InChI is InChI=1S/C12H16N4/c1-8-3-6-14-11(8)12-15-9-4-5-13-7-10(9)16(12)2/h4-5,7-8,11,14H,3,6H2,1-2H3. The molecule has 4 nitrogen and oxygen atoms in total. The summed E-state index contributed by atoms with van der Waals surface area (Å²) >= 11 is 0. The van der Waals surface area contributed by atoms with Gasteiger partial charge >= 0.3 is 0 Å². The maximum atomic E-state index is 4.71. The van der Waals surface area contributed by atoms with Crippen molar-refractivity contribution in [3.63, 3.8) is 0 Å². The molecule has 1 saturated heterocycles. The molecule has 84 valence electrons. The van der Waals surface area contributed by atoms with Crippen molar-refractivity contribution in [2.24, 2.45) is 13.0 Å². The predicted molar refractivity (Wildman–Crippen MR) is 63.0 cm³/mol. The van der Waals surface area contributed by atoms with Gasteiger partial charge < -0.3 is 9.88 Å². The van der Waals surface area contributed by atoms with Crippen molar-refractivity contribution in [1.29, 1.82) is 0 Å². The topological polar surface area (TPSA) is 42.7 Å². The lowest BCUT2D eigenvalue weighted by Gasteiger charge is -2.15. The minimum absolute atomic E-state index is 0.386. The van der Waals surface area contributed by atoms with E-state index in [9.17, 15) is 0 Å². The van der Waals surface area contributed by atoms with Crippen molar-refractivity contribution in [2.75, 3.05) is 6.54 Å². The van der Waals surface area contributed by atoms with Crippen LogP contribution in [0.2, 0.25) is 0 Å². The second-order valence-corrected chi connectivity index (χ2v) is 4.59. The van der Waals surface area contributed by atoms with E-state index >= 15 is 0 Å². The molecule has 0 saturated carbocycles. The van der Waals surface area contributed by atoms with Crippen LogP contribution in [0.5, 0.6) is 0 Å². The quantitative estimate of drug-likeness (QED) is 0.788. The van der Waals surface area contributed by atoms with E-state index in [1.165, 1.54) is 6.42 Å². The summed E-state index contributed by atoms with van der Waals surface area (Å²) in [6, 6.07) is 2.36. The molecule has 0 bridgehead atoms. The second-order valence-electron chi connectivity index (χ2n) is 4.59. The van der Waals surface area contributed by atoms with Crippen molar-refractivity contribution in [2.45, 2.75) is 19.4 Å². The fourth-order valence-corrected chi connectivity index (χ4v) is 2.51. The van der Waals surface area contributed by atoms with Gasteiger partial charge in [-0.3, -0.25) is 4.98 Å². The minimum Gasteiger partial charge on any atom is -0.329 e. The molecule has 2 atom stereocenters. The van der Waals surface area contributed by atoms with Gasteiger partial charge in [-0.15, -0.1) is 0 Å². The number of imidazole rings is 1. The van der Waals surface area contributed by atoms with Crippen molar-refractivity contribution in [1.82, 2.24) is 19.9 Å². The molecule has 2 aromatic rings. The van der Waals surface area contributed by atoms with Crippen LogP contribution >= 0.6 is 0 Å². The van der Waals surface area contributed by atoms with E-state index in [1.807, 2.05) is 12.3 Å². The molecule has 3 rings (SSSR count). The third kappa shape index (κ3) is 1.33. The number of pyridine rings is 1. The first-order valence-electron chi connectivity index (χ1n) is 5.77. The number of fused-ring (bicyclic) bond motifs is 1. The van der Waals surface area contributed by atoms with E-state index < -0.39 is 0 Å². The van der Waals surface area contributed by atoms with Crippen molar-refractivity contribution >= 4 is 11.0 Å². The van der Waals surface area contributed by atoms with Crippen LogP contribution < -0.4 is 5.32 Å². The molecule has 1 aliphatic rings. The summed E-state index contributed by atoms with van der Waals surface area (Å²) in [5.41, 5.74) is 2.15. The summed E-state index contributed by atoms with van der Waals surface area (Å²) in [7, 11) is 2.07. The number of nitrogens with zero attached hydrogens (tertiary/aromatic N) is 3. The Kier molecular flexibility index (Phi) is 2.17. The molecule has 16 heavy (non-hydrogen) atoms. The molecular formula is C12H16N4. The molecule has 0 amide bonds. The molecule has 1 fully saturated rings. The molecule has 2 aromatic heterocycles. The average Bonchev–Trinajstić information content (AvgIpc) is 2.84. The van der Waals surface area contributed by atoms with Gasteiger partial charge in [0.25, 0.3) is 0 Å². The first kappa shape index (κ1) is 9.78. The molecule has 3 heterocycles. The summed E-state index contributed by atoms with van der Waals surface area (Å²) in [6.45, 7) is 3.37. The third-order valence-corrected chi connectivity index (χ3v) is 3.53. The number of hydrogen-bond donors (Lipinski definition) is 1. The Balaban J connectivity index is 2.13. The Morgan fingerprint density at radius 3 is 3.06 bits per heavy atom. The van der Waals surface area contributed by atoms with Gasteiger partial charge in [0.2, 0.25) is 0 Å². The fourth-order valence-electron chi connectivity index (χ4n) is 2.51. The first-order chi connectivity index (χ1) is 7.77. The second kappa shape index (κ2) is 3.56. The molecule has 1 aliphatic heterocycles. The van der Waals surface area contributed by atoms with E-state index in [0.29, 0.717) is 12.0 Å². The fraction of sp³-hybridized carbons (Fsp3) is 0.500. The van der Waals surface area contributed by atoms with Crippen molar-refractivity contribution < 1.29 is 0 Å². The SMILES string of the molecule is CC1CCNC1c1nc2ccncc2n1C. The van der Waals surface area contributed by atoms with Crippen molar-refractivity contribution in [3.05, 3.63) is 24.3 Å². The Hall–Kier alpha value is -1.42. The van der Waals surface area contributed by atoms with E-state index in [1.54, 1.807) is 6.20 Å². The average molecular weight is 216 g/mol. The van der Waals surface area contributed by atoms with E-state index in [-0.39, 0.29) is 0 Å². The summed E-state index contributed by atoms with van der Waals surface area (Å²) in [6.07, 6.45) is 4.90. The normalized spacial score (nSPS) is 25.4. The molecule has 1 N–H and O–H groups in total. The van der Waals surface area contributed by atoms with Crippen LogP contribution in [-0.2, 0) is 7.05 Å². The van der Waals surface area contributed by atoms with Crippen LogP contribution in [0.1, 0.15) is 25.2 Å². The Bertz CT molecular complexity index is 517. The predicted octanol–water partition coefficient (Wildman–Crippen LogP) is 1.64. The summed E-state index contributed by atoms with van der Waals surface area (Å²) in [5, 5.41) is 3.52. The summed E-state index contributed by atoms with van der Waals surface area (Å²) in [4.78, 5) is 8.86. The lowest BCUT2D eigenvalue weighted by molar-refractivity contribution is 0.469. The molecule has 4 heteroatoms. The van der Waals surface area contributed by atoms with Crippen LogP contribution in [0, 0.1) is 5.92 Å². The Morgan fingerprint density at radius 1 is 1.50 bits per heavy atom. The molecular weight excluding hydrogens is 200 g/mol.